The second kappa shape index (κ2) is 5.37. The van der Waals surface area contributed by atoms with Crippen molar-refractivity contribution in [2.24, 2.45) is 5.73 Å². The number of primary amides is 1. The first-order valence-electron chi connectivity index (χ1n) is 5.46. The number of nitrogen functional groups attached to an aromatic ring is 1. The summed E-state index contributed by atoms with van der Waals surface area (Å²) in [5, 5.41) is 1.09. The molecule has 0 unspecified atom stereocenters. The van der Waals surface area contributed by atoms with Gasteiger partial charge in [0.2, 0.25) is 0 Å². The van der Waals surface area contributed by atoms with Crippen molar-refractivity contribution in [3.8, 4) is 0 Å². The second-order valence-electron chi connectivity index (χ2n) is 3.92. The maximum atomic E-state index is 11.3. The van der Waals surface area contributed by atoms with Crippen molar-refractivity contribution in [2.45, 2.75) is 23.1 Å². The number of amides is 1. The van der Waals surface area contributed by atoms with Crippen LogP contribution in [0.1, 0.15) is 23.2 Å². The molecular formula is C11H15N3O2S. The molecule has 0 atom stereocenters. The van der Waals surface area contributed by atoms with Crippen LogP contribution in [0.5, 0.6) is 0 Å². The first-order valence-corrected chi connectivity index (χ1v) is 6.34. The van der Waals surface area contributed by atoms with Crippen LogP contribution in [-0.4, -0.2) is 29.4 Å². The lowest BCUT2D eigenvalue weighted by Gasteiger charge is -2.21. The molecule has 1 aromatic heterocycles. The third-order valence-electron chi connectivity index (χ3n) is 2.58. The molecule has 1 aliphatic heterocycles. The number of hydrogen-bond donors (Lipinski definition) is 2. The lowest BCUT2D eigenvalue weighted by Crippen LogP contribution is -2.19. The summed E-state index contributed by atoms with van der Waals surface area (Å²) in [5.41, 5.74) is 11.8. The quantitative estimate of drug-likeness (QED) is 0.839. The maximum Gasteiger partial charge on any atom is 0.251 e. The van der Waals surface area contributed by atoms with Gasteiger partial charge in [-0.1, -0.05) is 0 Å². The number of carbonyl (C=O) groups excluding carboxylic acids is 1. The van der Waals surface area contributed by atoms with Crippen LogP contribution >= 0.6 is 11.8 Å². The number of ether oxygens (including phenoxy) is 1. The van der Waals surface area contributed by atoms with E-state index < -0.39 is 5.91 Å². The van der Waals surface area contributed by atoms with E-state index in [9.17, 15) is 4.79 Å². The molecule has 5 nitrogen and oxygen atoms in total. The molecule has 17 heavy (non-hydrogen) atoms. The van der Waals surface area contributed by atoms with Crippen LogP contribution in [0.4, 0.5) is 5.69 Å². The molecule has 1 fully saturated rings. The van der Waals surface area contributed by atoms with Gasteiger partial charge >= 0.3 is 0 Å². The molecular weight excluding hydrogens is 238 g/mol. The number of pyridine rings is 1. The van der Waals surface area contributed by atoms with E-state index in [1.54, 1.807) is 24.0 Å². The number of aromatic nitrogens is 1. The summed E-state index contributed by atoms with van der Waals surface area (Å²) in [6.45, 7) is 1.52. The summed E-state index contributed by atoms with van der Waals surface area (Å²) in [7, 11) is 0. The van der Waals surface area contributed by atoms with E-state index in [2.05, 4.69) is 4.98 Å². The maximum absolute atomic E-state index is 11.3. The molecule has 0 aromatic carbocycles. The number of thioether (sulfide) groups is 1. The average Bonchev–Trinajstić information content (AvgIpc) is 2.32. The molecule has 1 saturated heterocycles. The summed E-state index contributed by atoms with van der Waals surface area (Å²) in [6, 6.07) is 1.58. The van der Waals surface area contributed by atoms with E-state index in [0.717, 1.165) is 26.1 Å². The topological polar surface area (TPSA) is 91.2 Å². The zero-order valence-electron chi connectivity index (χ0n) is 9.39. The highest BCUT2D eigenvalue weighted by molar-refractivity contribution is 7.99. The molecule has 1 aromatic rings. The minimum absolute atomic E-state index is 0.404. The molecule has 2 heterocycles. The summed E-state index contributed by atoms with van der Waals surface area (Å²) in [5.74, 6) is -0.487. The van der Waals surface area contributed by atoms with Crippen LogP contribution in [0.2, 0.25) is 0 Å². The zero-order chi connectivity index (χ0) is 12.3. The largest absolute Gasteiger partial charge is 0.397 e. The van der Waals surface area contributed by atoms with Gasteiger partial charge in [0.25, 0.3) is 5.91 Å². The Morgan fingerprint density at radius 2 is 2.18 bits per heavy atom. The van der Waals surface area contributed by atoms with Gasteiger partial charge in [-0.25, -0.2) is 4.98 Å². The van der Waals surface area contributed by atoms with Crippen molar-refractivity contribution in [3.63, 3.8) is 0 Å². The van der Waals surface area contributed by atoms with Crippen LogP contribution in [-0.2, 0) is 4.74 Å². The van der Waals surface area contributed by atoms with E-state index in [4.69, 9.17) is 16.2 Å². The Morgan fingerprint density at radius 1 is 1.47 bits per heavy atom. The van der Waals surface area contributed by atoms with Crippen LogP contribution in [0, 0.1) is 0 Å². The highest BCUT2D eigenvalue weighted by Gasteiger charge is 2.19. The number of rotatable bonds is 3. The standard InChI is InChI=1S/C11H15N3O2S/c12-7-5-9(10(13)15)11(14-6-7)17-8-1-3-16-4-2-8/h5-6,8H,1-4,12H2,(H2,13,15). The van der Waals surface area contributed by atoms with Gasteiger partial charge in [-0.2, -0.15) is 0 Å². The van der Waals surface area contributed by atoms with E-state index >= 15 is 0 Å². The lowest BCUT2D eigenvalue weighted by atomic mass is 10.2. The smallest absolute Gasteiger partial charge is 0.251 e. The Morgan fingerprint density at radius 3 is 2.82 bits per heavy atom. The Labute approximate surface area is 104 Å². The molecule has 0 spiro atoms. The predicted octanol–water partition coefficient (Wildman–Crippen LogP) is 1.03. The van der Waals surface area contributed by atoms with Crippen molar-refractivity contribution in [1.29, 1.82) is 0 Å². The highest BCUT2D eigenvalue weighted by Crippen LogP contribution is 2.31. The molecule has 4 N–H and O–H groups in total. The minimum atomic E-state index is -0.487. The fourth-order valence-corrected chi connectivity index (χ4v) is 2.83. The second-order valence-corrected chi connectivity index (χ2v) is 5.20. The normalized spacial score (nSPS) is 16.9. The van der Waals surface area contributed by atoms with Gasteiger partial charge in [0.1, 0.15) is 5.03 Å². The van der Waals surface area contributed by atoms with Crippen molar-refractivity contribution in [2.75, 3.05) is 18.9 Å². The van der Waals surface area contributed by atoms with Crippen LogP contribution in [0.15, 0.2) is 17.3 Å². The number of nitrogens with two attached hydrogens (primary N) is 2. The Balaban J connectivity index is 2.16. The first-order chi connectivity index (χ1) is 8.16. The molecule has 0 saturated carbocycles. The third kappa shape index (κ3) is 3.10. The van der Waals surface area contributed by atoms with E-state index in [-0.39, 0.29) is 0 Å². The van der Waals surface area contributed by atoms with Crippen molar-refractivity contribution in [1.82, 2.24) is 4.98 Å². The van der Waals surface area contributed by atoms with E-state index in [1.807, 2.05) is 0 Å². The minimum Gasteiger partial charge on any atom is -0.397 e. The van der Waals surface area contributed by atoms with Gasteiger partial charge in [0.05, 0.1) is 17.4 Å². The summed E-state index contributed by atoms with van der Waals surface area (Å²) < 4.78 is 5.29. The van der Waals surface area contributed by atoms with Crippen LogP contribution < -0.4 is 11.5 Å². The fraction of sp³-hybridized carbons (Fsp3) is 0.455. The fourth-order valence-electron chi connectivity index (χ4n) is 1.69. The third-order valence-corrected chi connectivity index (χ3v) is 3.94. The SMILES string of the molecule is NC(=O)c1cc(N)cnc1SC1CCOCC1. The molecule has 92 valence electrons. The molecule has 0 bridgehead atoms. The monoisotopic (exact) mass is 253 g/mol. The zero-order valence-corrected chi connectivity index (χ0v) is 10.2. The van der Waals surface area contributed by atoms with Crippen LogP contribution in [0.25, 0.3) is 0 Å². The van der Waals surface area contributed by atoms with Gasteiger partial charge in [0, 0.05) is 18.5 Å². The highest BCUT2D eigenvalue weighted by atomic mass is 32.2. The van der Waals surface area contributed by atoms with E-state index in [1.165, 1.54) is 0 Å². The number of nitrogens with zero attached hydrogens (tertiary/aromatic N) is 1. The van der Waals surface area contributed by atoms with Crippen LogP contribution in [0.3, 0.4) is 0 Å². The van der Waals surface area contributed by atoms with E-state index in [0.29, 0.717) is 21.5 Å². The van der Waals surface area contributed by atoms with Gasteiger partial charge in [0.15, 0.2) is 0 Å². The molecule has 6 heteroatoms. The Hall–Kier alpha value is -1.27. The van der Waals surface area contributed by atoms with Crippen molar-refractivity contribution in [3.05, 3.63) is 17.8 Å². The molecule has 1 amide bonds. The number of carbonyl (C=O) groups is 1. The van der Waals surface area contributed by atoms with Gasteiger partial charge in [-0.05, 0) is 18.9 Å². The summed E-state index contributed by atoms with van der Waals surface area (Å²) >= 11 is 1.58. The number of anilines is 1. The molecule has 0 radical (unpaired) electrons. The average molecular weight is 253 g/mol. The number of hydrogen-bond acceptors (Lipinski definition) is 5. The lowest BCUT2D eigenvalue weighted by molar-refractivity contribution is 0.0995. The Kier molecular flexibility index (Phi) is 3.86. The van der Waals surface area contributed by atoms with Gasteiger partial charge in [-0.15, -0.1) is 11.8 Å². The van der Waals surface area contributed by atoms with Gasteiger partial charge in [-0.3, -0.25) is 4.79 Å². The van der Waals surface area contributed by atoms with Crippen molar-refractivity contribution < 1.29 is 9.53 Å². The summed E-state index contributed by atoms with van der Waals surface area (Å²) in [6.07, 6.45) is 3.48. The molecule has 2 rings (SSSR count). The molecule has 0 aliphatic carbocycles. The molecule has 1 aliphatic rings. The Bertz CT molecular complexity index is 419. The van der Waals surface area contributed by atoms with Crippen molar-refractivity contribution >= 4 is 23.4 Å². The first kappa shape index (κ1) is 12.2. The predicted molar refractivity (Wildman–Crippen MR) is 66.9 cm³/mol. The summed E-state index contributed by atoms with van der Waals surface area (Å²) in [4.78, 5) is 15.5. The van der Waals surface area contributed by atoms with Gasteiger partial charge < -0.3 is 16.2 Å².